The van der Waals surface area contributed by atoms with Crippen molar-refractivity contribution in [1.29, 1.82) is 0 Å². The largest absolute Gasteiger partial charge is 0.365 e. The molecule has 2 aliphatic rings. The van der Waals surface area contributed by atoms with Crippen molar-refractivity contribution in [3.8, 4) is 0 Å². The minimum Gasteiger partial charge on any atom is -0.365 e. The molecule has 80 valence electrons. The van der Waals surface area contributed by atoms with E-state index in [1.165, 1.54) is 6.42 Å². The first-order valence-electron chi connectivity index (χ1n) is 5.76. The van der Waals surface area contributed by atoms with Crippen LogP contribution in [0.15, 0.2) is 12.7 Å². The summed E-state index contributed by atoms with van der Waals surface area (Å²) in [5, 5.41) is 10.3. The van der Waals surface area contributed by atoms with E-state index in [1.54, 1.807) is 0 Å². The summed E-state index contributed by atoms with van der Waals surface area (Å²) in [6, 6.07) is 0. The zero-order valence-electron chi connectivity index (χ0n) is 8.74. The van der Waals surface area contributed by atoms with Crippen molar-refractivity contribution in [1.82, 2.24) is 0 Å². The van der Waals surface area contributed by atoms with Gasteiger partial charge in [-0.25, -0.2) is 0 Å². The minimum atomic E-state index is -0.801. The lowest BCUT2D eigenvalue weighted by atomic mass is 9.78. The molecule has 0 radical (unpaired) electrons. The molecular formula is C12H20O2. The number of ether oxygens (including phenoxy) is 1. The third-order valence-corrected chi connectivity index (χ3v) is 3.61. The Labute approximate surface area is 86.0 Å². The van der Waals surface area contributed by atoms with Crippen LogP contribution in [0.3, 0.4) is 0 Å². The second-order valence-corrected chi connectivity index (χ2v) is 4.63. The summed E-state index contributed by atoms with van der Waals surface area (Å²) in [5.41, 5.74) is 0. The Bertz CT molecular complexity index is 214. The summed E-state index contributed by atoms with van der Waals surface area (Å²) in [6.45, 7) is 3.72. The Morgan fingerprint density at radius 3 is 3.00 bits per heavy atom. The molecule has 0 aromatic carbocycles. The number of rotatable bonds is 2. The molecule has 3 atom stereocenters. The first-order valence-corrected chi connectivity index (χ1v) is 5.76. The summed E-state index contributed by atoms with van der Waals surface area (Å²) < 4.78 is 5.80. The molecule has 0 spiro atoms. The quantitative estimate of drug-likeness (QED) is 0.688. The smallest absolute Gasteiger partial charge is 0.168 e. The van der Waals surface area contributed by atoms with Crippen LogP contribution in [0.25, 0.3) is 0 Å². The summed E-state index contributed by atoms with van der Waals surface area (Å²) in [7, 11) is 0. The monoisotopic (exact) mass is 196 g/mol. The van der Waals surface area contributed by atoms with Crippen LogP contribution < -0.4 is 0 Å². The first kappa shape index (κ1) is 10.2. The lowest BCUT2D eigenvalue weighted by molar-refractivity contribution is -0.294. The van der Waals surface area contributed by atoms with Gasteiger partial charge < -0.3 is 9.84 Å². The lowest BCUT2D eigenvalue weighted by Crippen LogP contribution is -2.49. The van der Waals surface area contributed by atoms with Gasteiger partial charge in [-0.15, -0.1) is 6.58 Å². The number of hydrogen-bond donors (Lipinski definition) is 1. The van der Waals surface area contributed by atoms with Crippen LogP contribution in [0, 0.1) is 5.92 Å². The predicted octanol–water partition coefficient (Wildman–Crippen LogP) is 2.62. The molecule has 14 heavy (non-hydrogen) atoms. The highest BCUT2D eigenvalue weighted by molar-refractivity contribution is 4.89. The molecule has 1 aliphatic heterocycles. The van der Waals surface area contributed by atoms with E-state index in [2.05, 4.69) is 6.58 Å². The van der Waals surface area contributed by atoms with Crippen LogP contribution in [0.4, 0.5) is 0 Å². The van der Waals surface area contributed by atoms with Crippen molar-refractivity contribution in [3.63, 3.8) is 0 Å². The maximum absolute atomic E-state index is 10.3. The predicted molar refractivity (Wildman–Crippen MR) is 55.8 cm³/mol. The van der Waals surface area contributed by atoms with Gasteiger partial charge in [-0.3, -0.25) is 0 Å². The molecule has 2 heteroatoms. The van der Waals surface area contributed by atoms with Crippen molar-refractivity contribution in [2.45, 2.75) is 56.8 Å². The molecule has 1 saturated heterocycles. The summed E-state index contributed by atoms with van der Waals surface area (Å²) >= 11 is 0. The van der Waals surface area contributed by atoms with E-state index in [-0.39, 0.29) is 6.10 Å². The molecule has 0 aromatic heterocycles. The van der Waals surface area contributed by atoms with Crippen molar-refractivity contribution >= 4 is 0 Å². The molecule has 0 bridgehead atoms. The van der Waals surface area contributed by atoms with E-state index in [1.807, 2.05) is 6.08 Å². The van der Waals surface area contributed by atoms with Gasteiger partial charge in [-0.2, -0.15) is 0 Å². The Balaban J connectivity index is 2.00. The molecule has 2 rings (SSSR count). The van der Waals surface area contributed by atoms with Crippen molar-refractivity contribution in [2.24, 2.45) is 5.92 Å². The van der Waals surface area contributed by atoms with E-state index < -0.39 is 5.79 Å². The second kappa shape index (κ2) is 4.03. The summed E-state index contributed by atoms with van der Waals surface area (Å²) in [4.78, 5) is 0. The van der Waals surface area contributed by atoms with Crippen LogP contribution >= 0.6 is 0 Å². The van der Waals surface area contributed by atoms with Crippen molar-refractivity contribution < 1.29 is 9.84 Å². The third-order valence-electron chi connectivity index (χ3n) is 3.61. The van der Waals surface area contributed by atoms with Crippen LogP contribution in [-0.4, -0.2) is 17.0 Å². The van der Waals surface area contributed by atoms with Crippen LogP contribution in [0.1, 0.15) is 44.9 Å². The van der Waals surface area contributed by atoms with Gasteiger partial charge >= 0.3 is 0 Å². The zero-order valence-corrected chi connectivity index (χ0v) is 8.74. The van der Waals surface area contributed by atoms with Crippen LogP contribution in [0.5, 0.6) is 0 Å². The van der Waals surface area contributed by atoms with Crippen LogP contribution in [0.2, 0.25) is 0 Å². The third kappa shape index (κ3) is 1.86. The van der Waals surface area contributed by atoms with Gasteiger partial charge in [0, 0.05) is 12.3 Å². The fourth-order valence-corrected chi connectivity index (χ4v) is 2.81. The lowest BCUT2D eigenvalue weighted by Gasteiger charge is -2.46. The highest BCUT2D eigenvalue weighted by atomic mass is 16.6. The van der Waals surface area contributed by atoms with Gasteiger partial charge in [0.15, 0.2) is 5.79 Å². The minimum absolute atomic E-state index is 0.201. The van der Waals surface area contributed by atoms with E-state index >= 15 is 0 Å². The number of fused-ring (bicyclic) bond motifs is 1. The molecule has 0 amide bonds. The number of hydrogen-bond acceptors (Lipinski definition) is 2. The topological polar surface area (TPSA) is 29.5 Å². The van der Waals surface area contributed by atoms with Gasteiger partial charge in [0.05, 0.1) is 6.10 Å². The summed E-state index contributed by atoms with van der Waals surface area (Å²) in [6.07, 6.45) is 9.48. The van der Waals surface area contributed by atoms with Crippen molar-refractivity contribution in [3.05, 3.63) is 12.7 Å². The van der Waals surface area contributed by atoms with Gasteiger partial charge in [-0.1, -0.05) is 12.5 Å². The average Bonchev–Trinajstić information content (AvgIpc) is 2.17. The normalized spacial score (nSPS) is 42.9. The Morgan fingerprint density at radius 1 is 1.36 bits per heavy atom. The van der Waals surface area contributed by atoms with Crippen molar-refractivity contribution in [2.75, 3.05) is 0 Å². The summed E-state index contributed by atoms with van der Waals surface area (Å²) in [5.74, 6) is -0.415. The molecule has 2 nitrogen and oxygen atoms in total. The fraction of sp³-hybridized carbons (Fsp3) is 0.833. The maximum atomic E-state index is 10.3. The van der Waals surface area contributed by atoms with Crippen LogP contribution in [-0.2, 0) is 4.74 Å². The first-order chi connectivity index (χ1) is 6.74. The van der Waals surface area contributed by atoms with E-state index in [0.29, 0.717) is 5.92 Å². The highest BCUT2D eigenvalue weighted by Crippen LogP contribution is 2.42. The fourth-order valence-electron chi connectivity index (χ4n) is 2.81. The molecule has 2 fully saturated rings. The van der Waals surface area contributed by atoms with Gasteiger partial charge in [0.25, 0.3) is 0 Å². The average molecular weight is 196 g/mol. The standard InChI is InChI=1S/C12H20O2/c1-2-5-11-8-7-10-6-3-4-9-12(10,13)14-11/h2,10-11,13H,1,3-9H2. The van der Waals surface area contributed by atoms with Gasteiger partial charge in [0.1, 0.15) is 0 Å². The Morgan fingerprint density at radius 2 is 2.21 bits per heavy atom. The zero-order chi connectivity index (χ0) is 10.0. The molecular weight excluding hydrogens is 176 g/mol. The molecule has 0 aromatic rings. The highest BCUT2D eigenvalue weighted by Gasteiger charge is 2.44. The van der Waals surface area contributed by atoms with E-state index in [0.717, 1.165) is 38.5 Å². The molecule has 1 heterocycles. The molecule has 3 unspecified atom stereocenters. The van der Waals surface area contributed by atoms with Gasteiger partial charge in [-0.05, 0) is 32.1 Å². The van der Waals surface area contributed by atoms with E-state index in [4.69, 9.17) is 4.74 Å². The maximum Gasteiger partial charge on any atom is 0.168 e. The Hall–Kier alpha value is -0.340. The molecule has 1 saturated carbocycles. The number of aliphatic hydroxyl groups is 1. The van der Waals surface area contributed by atoms with Gasteiger partial charge in [0.2, 0.25) is 0 Å². The molecule has 1 aliphatic carbocycles. The van der Waals surface area contributed by atoms with E-state index in [9.17, 15) is 5.11 Å². The SMILES string of the molecule is C=CCC1CCC2CCCCC2(O)O1. The Kier molecular flexibility index (Phi) is 2.93. The molecule has 1 N–H and O–H groups in total. The second-order valence-electron chi connectivity index (χ2n) is 4.63.